The summed E-state index contributed by atoms with van der Waals surface area (Å²) in [4.78, 5) is 0. The van der Waals surface area contributed by atoms with Crippen LogP contribution in [0, 0.1) is 18.6 Å². The fourth-order valence-corrected chi connectivity index (χ4v) is 1.74. The molecule has 2 aromatic rings. The first kappa shape index (κ1) is 11.0. The van der Waals surface area contributed by atoms with Gasteiger partial charge in [0.15, 0.2) is 11.6 Å². The van der Waals surface area contributed by atoms with Crippen molar-refractivity contribution in [3.05, 3.63) is 29.5 Å². The molecule has 0 fully saturated rings. The van der Waals surface area contributed by atoms with Crippen LogP contribution in [-0.2, 0) is 6.54 Å². The van der Waals surface area contributed by atoms with Crippen LogP contribution in [0.3, 0.4) is 0 Å². The van der Waals surface area contributed by atoms with Gasteiger partial charge in [0, 0.05) is 17.5 Å². The number of hydrogen-bond donors (Lipinski definition) is 1. The Morgan fingerprint density at radius 1 is 1.38 bits per heavy atom. The van der Waals surface area contributed by atoms with E-state index in [-0.39, 0.29) is 6.04 Å². The molecule has 5 heteroatoms. The lowest BCUT2D eigenvalue weighted by Crippen LogP contribution is -2.22. The Bertz CT molecular complexity index is 531. The monoisotopic (exact) mass is 225 g/mol. The molecule has 2 N–H and O–H groups in total. The highest BCUT2D eigenvalue weighted by molar-refractivity contribution is 5.82. The molecule has 1 aromatic carbocycles. The average molecular weight is 225 g/mol. The van der Waals surface area contributed by atoms with Crippen molar-refractivity contribution in [1.82, 2.24) is 9.78 Å². The third-order valence-corrected chi connectivity index (χ3v) is 2.44. The van der Waals surface area contributed by atoms with Crippen molar-refractivity contribution in [2.45, 2.75) is 26.4 Å². The number of rotatable bonds is 2. The first-order chi connectivity index (χ1) is 7.49. The number of aryl methyl sites for hydroxylation is 1. The van der Waals surface area contributed by atoms with E-state index < -0.39 is 11.6 Å². The van der Waals surface area contributed by atoms with Gasteiger partial charge in [-0.15, -0.1) is 0 Å². The second kappa shape index (κ2) is 3.83. The fraction of sp³-hybridized carbons (Fsp3) is 0.364. The van der Waals surface area contributed by atoms with Crippen LogP contribution in [0.4, 0.5) is 8.78 Å². The maximum Gasteiger partial charge on any atom is 0.161 e. The zero-order valence-electron chi connectivity index (χ0n) is 9.17. The van der Waals surface area contributed by atoms with Gasteiger partial charge in [-0.3, -0.25) is 4.68 Å². The van der Waals surface area contributed by atoms with Crippen LogP contribution in [0.25, 0.3) is 10.9 Å². The molecule has 0 aliphatic rings. The Labute approximate surface area is 91.9 Å². The molecular weight excluding hydrogens is 212 g/mol. The Kier molecular flexibility index (Phi) is 2.63. The van der Waals surface area contributed by atoms with Gasteiger partial charge in [-0.05, 0) is 19.9 Å². The molecule has 0 saturated carbocycles. The topological polar surface area (TPSA) is 43.8 Å². The highest BCUT2D eigenvalue weighted by Crippen LogP contribution is 2.21. The van der Waals surface area contributed by atoms with Crippen LogP contribution >= 0.6 is 0 Å². The van der Waals surface area contributed by atoms with Gasteiger partial charge in [0.1, 0.15) is 0 Å². The minimum atomic E-state index is -0.863. The minimum Gasteiger partial charge on any atom is -0.326 e. The quantitative estimate of drug-likeness (QED) is 0.849. The van der Waals surface area contributed by atoms with Crippen molar-refractivity contribution in [1.29, 1.82) is 0 Å². The molecule has 2 rings (SSSR count). The number of fused-ring (bicyclic) bond motifs is 1. The second-order valence-corrected chi connectivity index (χ2v) is 4.03. The number of nitrogens with two attached hydrogens (primary N) is 1. The summed E-state index contributed by atoms with van der Waals surface area (Å²) in [6.45, 7) is 4.08. The lowest BCUT2D eigenvalue weighted by atomic mass is 10.2. The summed E-state index contributed by atoms with van der Waals surface area (Å²) in [7, 11) is 0. The zero-order valence-corrected chi connectivity index (χ0v) is 9.17. The first-order valence-corrected chi connectivity index (χ1v) is 5.07. The van der Waals surface area contributed by atoms with Crippen LogP contribution in [0.15, 0.2) is 12.1 Å². The molecule has 0 unspecified atom stereocenters. The zero-order chi connectivity index (χ0) is 11.9. The van der Waals surface area contributed by atoms with E-state index >= 15 is 0 Å². The van der Waals surface area contributed by atoms with E-state index in [0.717, 1.165) is 6.07 Å². The molecule has 1 aromatic heterocycles. The molecule has 0 spiro atoms. The Morgan fingerprint density at radius 2 is 2.00 bits per heavy atom. The molecular formula is C11H13F2N3. The first-order valence-electron chi connectivity index (χ1n) is 5.07. The SMILES string of the molecule is Cc1nn(C[C@H](C)N)c2cc(F)c(F)cc12. The summed E-state index contributed by atoms with van der Waals surface area (Å²) >= 11 is 0. The molecule has 1 atom stereocenters. The van der Waals surface area contributed by atoms with E-state index in [0.29, 0.717) is 23.1 Å². The lowest BCUT2D eigenvalue weighted by Gasteiger charge is -2.06. The predicted octanol–water partition coefficient (Wildman–Crippen LogP) is 1.97. The lowest BCUT2D eigenvalue weighted by molar-refractivity contribution is 0.508. The number of halogens is 2. The Hall–Kier alpha value is -1.49. The van der Waals surface area contributed by atoms with E-state index in [2.05, 4.69) is 5.10 Å². The molecule has 0 radical (unpaired) electrons. The second-order valence-electron chi connectivity index (χ2n) is 4.03. The smallest absolute Gasteiger partial charge is 0.161 e. The maximum absolute atomic E-state index is 13.1. The molecule has 0 bridgehead atoms. The van der Waals surface area contributed by atoms with Gasteiger partial charge >= 0.3 is 0 Å². The van der Waals surface area contributed by atoms with Crippen molar-refractivity contribution in [3.8, 4) is 0 Å². The number of hydrogen-bond acceptors (Lipinski definition) is 2. The normalized spacial score (nSPS) is 13.3. The van der Waals surface area contributed by atoms with Gasteiger partial charge in [-0.25, -0.2) is 8.78 Å². The van der Waals surface area contributed by atoms with Crippen LogP contribution in [0.2, 0.25) is 0 Å². The molecule has 0 saturated heterocycles. The molecule has 0 aliphatic heterocycles. The van der Waals surface area contributed by atoms with Crippen molar-refractivity contribution in [2.24, 2.45) is 5.73 Å². The van der Waals surface area contributed by atoms with Crippen molar-refractivity contribution in [2.75, 3.05) is 0 Å². The molecule has 0 aliphatic carbocycles. The van der Waals surface area contributed by atoms with Gasteiger partial charge < -0.3 is 5.73 Å². The standard InChI is InChI=1S/C11H13F2N3/c1-6(14)5-16-11-4-10(13)9(12)3-8(11)7(2)15-16/h3-4,6H,5,14H2,1-2H3/t6-/m0/s1. The van der Waals surface area contributed by atoms with E-state index in [4.69, 9.17) is 5.73 Å². The Balaban J connectivity index is 2.64. The van der Waals surface area contributed by atoms with Gasteiger partial charge in [0.05, 0.1) is 17.8 Å². The molecule has 3 nitrogen and oxygen atoms in total. The highest BCUT2D eigenvalue weighted by Gasteiger charge is 2.12. The summed E-state index contributed by atoms with van der Waals surface area (Å²) in [5.74, 6) is -1.71. The summed E-state index contributed by atoms with van der Waals surface area (Å²) in [5, 5.41) is 4.84. The molecule has 86 valence electrons. The third-order valence-electron chi connectivity index (χ3n) is 2.44. The van der Waals surface area contributed by atoms with Crippen molar-refractivity contribution in [3.63, 3.8) is 0 Å². The Morgan fingerprint density at radius 3 is 2.62 bits per heavy atom. The van der Waals surface area contributed by atoms with Gasteiger partial charge in [0.2, 0.25) is 0 Å². The molecule has 0 amide bonds. The third kappa shape index (κ3) is 1.78. The summed E-state index contributed by atoms with van der Waals surface area (Å²) in [5.41, 5.74) is 6.92. The summed E-state index contributed by atoms with van der Waals surface area (Å²) < 4.78 is 27.8. The number of nitrogens with zero attached hydrogens (tertiary/aromatic N) is 2. The van der Waals surface area contributed by atoms with E-state index in [9.17, 15) is 8.78 Å². The van der Waals surface area contributed by atoms with Crippen LogP contribution in [0.1, 0.15) is 12.6 Å². The number of aromatic nitrogens is 2. The fourth-order valence-electron chi connectivity index (χ4n) is 1.74. The van der Waals surface area contributed by atoms with E-state index in [1.807, 2.05) is 6.92 Å². The summed E-state index contributed by atoms with van der Waals surface area (Å²) in [6.07, 6.45) is 0. The van der Waals surface area contributed by atoms with E-state index in [1.165, 1.54) is 6.07 Å². The number of benzene rings is 1. The summed E-state index contributed by atoms with van der Waals surface area (Å²) in [6, 6.07) is 2.24. The van der Waals surface area contributed by atoms with Gasteiger partial charge in [-0.2, -0.15) is 5.10 Å². The molecule has 16 heavy (non-hydrogen) atoms. The van der Waals surface area contributed by atoms with Crippen LogP contribution in [0.5, 0.6) is 0 Å². The maximum atomic E-state index is 13.1. The predicted molar refractivity (Wildman–Crippen MR) is 58.0 cm³/mol. The largest absolute Gasteiger partial charge is 0.326 e. The molecule has 1 heterocycles. The van der Waals surface area contributed by atoms with Crippen molar-refractivity contribution < 1.29 is 8.78 Å². The van der Waals surface area contributed by atoms with Crippen LogP contribution in [-0.4, -0.2) is 15.8 Å². The average Bonchev–Trinajstić information content (AvgIpc) is 2.44. The van der Waals surface area contributed by atoms with Crippen LogP contribution < -0.4 is 5.73 Å². The van der Waals surface area contributed by atoms with Gasteiger partial charge in [0.25, 0.3) is 0 Å². The van der Waals surface area contributed by atoms with Crippen molar-refractivity contribution >= 4 is 10.9 Å². The van der Waals surface area contributed by atoms with Gasteiger partial charge in [-0.1, -0.05) is 0 Å². The minimum absolute atomic E-state index is 0.0874. The highest BCUT2D eigenvalue weighted by atomic mass is 19.2. The van der Waals surface area contributed by atoms with E-state index in [1.54, 1.807) is 11.6 Å².